The summed E-state index contributed by atoms with van der Waals surface area (Å²) in [5.41, 5.74) is 5.55. The van der Waals surface area contributed by atoms with E-state index < -0.39 is 118 Å². The maximum Gasteiger partial charge on any atom is 0.511 e. The first-order valence-electron chi connectivity index (χ1n) is 34.4. The van der Waals surface area contributed by atoms with Gasteiger partial charge in [0, 0.05) is 99.1 Å². The molecule has 0 bridgehead atoms. The molecule has 0 spiro atoms. The fraction of sp³-hybridized carbons (Fsp3) is 0.377. The van der Waals surface area contributed by atoms with E-state index in [0.717, 1.165) is 23.3 Å². The molecule has 32 heteroatoms. The van der Waals surface area contributed by atoms with E-state index in [-0.39, 0.29) is 97.9 Å². The molecule has 109 heavy (non-hydrogen) atoms. The monoisotopic (exact) mass is 1620 g/mol. The number of benzene rings is 6. The van der Waals surface area contributed by atoms with Crippen molar-refractivity contribution in [1.82, 2.24) is 9.80 Å². The molecule has 1 saturated heterocycles. The number of ether oxygens (including phenoxy) is 8. The van der Waals surface area contributed by atoms with Crippen LogP contribution in [0, 0.1) is 23.7 Å². The summed E-state index contributed by atoms with van der Waals surface area (Å²) >= 11 is 27.1. The lowest BCUT2D eigenvalue weighted by atomic mass is 9.89. The molecule has 2 N–H and O–H groups in total. The predicted octanol–water partition coefficient (Wildman–Crippen LogP) is 12.6. The van der Waals surface area contributed by atoms with E-state index in [1.54, 1.807) is 96.8 Å². The topological polar surface area (TPSA) is 352 Å². The first-order chi connectivity index (χ1) is 51.6. The Labute approximate surface area is 647 Å². The molecule has 1 fully saturated rings. The Morgan fingerprint density at radius 2 is 0.982 bits per heavy atom. The SMILES string of the molecule is CC(OC(=O)OCC(CO)CO)OC(=O)[C@@H](CC(=O)c1c(Cl)cc2c(c1Cl)CCN(C(=O)c1ccc3ccoc3c1)C2)Cc1cccc(S(C)(=O)=O)c1.CC(OC(=O)OCC1COC(C)(C)OC1)OC(=O)[C@@H](CC(=O)c1c(Cl)cc2c(c1Cl)CCN(C(=O)c1ccc3ccoc3c1)C2)Cc1cccc(S(C)(=O)=O)c1. The van der Waals surface area contributed by atoms with Gasteiger partial charge < -0.3 is 66.7 Å². The number of esters is 2. The molecule has 11 rings (SSSR count). The number of Topliss-reactive ketones (excluding diaryl/α,β-unsaturated/α-hetero) is 2. The van der Waals surface area contributed by atoms with Crippen molar-refractivity contribution in [2.75, 3.05) is 65.2 Å². The molecule has 3 aliphatic heterocycles. The summed E-state index contributed by atoms with van der Waals surface area (Å²) in [7, 11) is -7.18. The van der Waals surface area contributed by atoms with Crippen LogP contribution in [-0.2, 0) is 106 Å². The number of nitrogens with zero attached hydrogens (tertiary/aromatic N) is 2. The third kappa shape index (κ3) is 21.4. The van der Waals surface area contributed by atoms with Crippen molar-refractivity contribution in [3.8, 4) is 0 Å². The lowest BCUT2D eigenvalue weighted by Gasteiger charge is -2.34. The highest BCUT2D eigenvalue weighted by Crippen LogP contribution is 2.40. The minimum absolute atomic E-state index is 0.00440. The van der Waals surface area contributed by atoms with E-state index in [4.69, 9.17) is 103 Å². The molecule has 0 saturated carbocycles. The second kappa shape index (κ2) is 35.8. The number of furan rings is 2. The summed E-state index contributed by atoms with van der Waals surface area (Å²) in [5, 5.41) is 20.3. The van der Waals surface area contributed by atoms with E-state index in [2.05, 4.69) is 0 Å². The van der Waals surface area contributed by atoms with Gasteiger partial charge in [-0.25, -0.2) is 26.4 Å². The Morgan fingerprint density at radius 1 is 0.560 bits per heavy atom. The second-order valence-electron chi connectivity index (χ2n) is 27.1. The van der Waals surface area contributed by atoms with Gasteiger partial charge in [0.2, 0.25) is 12.6 Å². The summed E-state index contributed by atoms with van der Waals surface area (Å²) in [6.07, 6.45) is -0.470. The average Bonchev–Trinajstić information content (AvgIpc) is 0.982. The Hall–Kier alpha value is -8.94. The number of carbonyl (C=O) groups is 8. The van der Waals surface area contributed by atoms with Crippen LogP contribution in [0.15, 0.2) is 140 Å². The first-order valence-corrected chi connectivity index (χ1v) is 39.7. The minimum Gasteiger partial charge on any atom is -0.464 e. The van der Waals surface area contributed by atoms with Gasteiger partial charge in [-0.3, -0.25) is 28.8 Å². The fourth-order valence-electron chi connectivity index (χ4n) is 12.5. The zero-order valence-electron chi connectivity index (χ0n) is 59.9. The van der Waals surface area contributed by atoms with Gasteiger partial charge in [-0.1, -0.05) is 82.8 Å². The van der Waals surface area contributed by atoms with Gasteiger partial charge in [0.15, 0.2) is 37.0 Å². The number of rotatable bonds is 26. The number of aliphatic hydroxyl groups excluding tert-OH is 2. The quantitative estimate of drug-likeness (QED) is 0.0220. The number of hydrogen-bond donors (Lipinski definition) is 2. The van der Waals surface area contributed by atoms with Crippen LogP contribution in [-0.4, -0.2) is 168 Å². The van der Waals surface area contributed by atoms with E-state index >= 15 is 0 Å². The maximum atomic E-state index is 14.0. The fourth-order valence-corrected chi connectivity index (χ4v) is 15.5. The Kier molecular flexibility index (Phi) is 27.1. The van der Waals surface area contributed by atoms with Crippen molar-refractivity contribution in [3.63, 3.8) is 0 Å². The maximum absolute atomic E-state index is 14.0. The highest BCUT2D eigenvalue weighted by atomic mass is 35.5. The summed E-state index contributed by atoms with van der Waals surface area (Å²) < 4.78 is 102. The number of halogens is 4. The van der Waals surface area contributed by atoms with Gasteiger partial charge in [-0.15, -0.1) is 0 Å². The van der Waals surface area contributed by atoms with E-state index in [0.29, 0.717) is 94.8 Å². The molecule has 6 aromatic carbocycles. The largest absolute Gasteiger partial charge is 0.511 e. The predicted molar refractivity (Wildman–Crippen MR) is 397 cm³/mol. The zero-order valence-corrected chi connectivity index (χ0v) is 64.6. The molecular formula is C77H78Cl4N2O24S2. The van der Waals surface area contributed by atoms with Gasteiger partial charge in [-0.2, -0.15) is 0 Å². The number of fused-ring (bicyclic) bond motifs is 4. The number of hydrogen-bond acceptors (Lipinski definition) is 24. The number of ketones is 2. The molecule has 0 radical (unpaired) electrons. The lowest BCUT2D eigenvalue weighted by Crippen LogP contribution is -2.41. The van der Waals surface area contributed by atoms with Gasteiger partial charge in [0.25, 0.3) is 11.8 Å². The van der Waals surface area contributed by atoms with Crippen LogP contribution in [0.1, 0.15) is 115 Å². The lowest BCUT2D eigenvalue weighted by molar-refractivity contribution is -0.265. The van der Waals surface area contributed by atoms with Gasteiger partial charge >= 0.3 is 24.2 Å². The van der Waals surface area contributed by atoms with Gasteiger partial charge in [0.1, 0.15) is 24.4 Å². The smallest absolute Gasteiger partial charge is 0.464 e. The molecule has 2 aromatic heterocycles. The first kappa shape index (κ1) is 82.6. The van der Waals surface area contributed by atoms with Crippen LogP contribution in [0.3, 0.4) is 0 Å². The van der Waals surface area contributed by atoms with Crippen LogP contribution >= 0.6 is 46.4 Å². The number of sulfone groups is 2. The normalized spacial score (nSPS) is 15.5. The van der Waals surface area contributed by atoms with Crippen LogP contribution in [0.25, 0.3) is 21.9 Å². The molecule has 5 heterocycles. The Bertz CT molecular complexity index is 5010. The summed E-state index contributed by atoms with van der Waals surface area (Å²) in [5.74, 6) is -7.50. The van der Waals surface area contributed by atoms with Crippen molar-refractivity contribution in [3.05, 3.63) is 197 Å². The highest BCUT2D eigenvalue weighted by Gasteiger charge is 2.36. The van der Waals surface area contributed by atoms with E-state index in [1.807, 2.05) is 12.1 Å². The van der Waals surface area contributed by atoms with E-state index in [1.165, 1.54) is 50.2 Å². The minimum atomic E-state index is -3.60. The molecule has 4 atom stereocenters. The van der Waals surface area contributed by atoms with Gasteiger partial charge in [-0.05, 0) is 146 Å². The molecule has 26 nitrogen and oxygen atoms in total. The molecule has 2 unspecified atom stereocenters. The van der Waals surface area contributed by atoms with Gasteiger partial charge in [0.05, 0.1) is 91.8 Å². The molecule has 580 valence electrons. The average molecular weight is 1620 g/mol. The van der Waals surface area contributed by atoms with Crippen molar-refractivity contribution in [1.29, 1.82) is 0 Å². The third-order valence-electron chi connectivity index (χ3n) is 18.3. The van der Waals surface area contributed by atoms with Crippen molar-refractivity contribution in [2.45, 2.75) is 107 Å². The molecular weight excluding hydrogens is 1540 g/mol. The zero-order chi connectivity index (χ0) is 78.8. The van der Waals surface area contributed by atoms with Crippen molar-refractivity contribution >= 4 is 136 Å². The molecule has 3 aliphatic rings. The van der Waals surface area contributed by atoms with Crippen LogP contribution in [0.4, 0.5) is 9.59 Å². The number of carbonyl (C=O) groups excluding carboxylic acids is 8. The Morgan fingerprint density at radius 3 is 1.39 bits per heavy atom. The summed E-state index contributed by atoms with van der Waals surface area (Å²) in [4.78, 5) is 110. The van der Waals surface area contributed by atoms with E-state index in [9.17, 15) is 55.2 Å². The molecule has 8 aromatic rings. The molecule has 2 amide bonds. The van der Waals surface area contributed by atoms with Crippen LogP contribution in [0.5, 0.6) is 0 Å². The number of aliphatic hydroxyl groups is 2. The highest BCUT2D eigenvalue weighted by molar-refractivity contribution is 7.91. The summed E-state index contributed by atoms with van der Waals surface area (Å²) in [6, 6.07) is 29.1. The second-order valence-corrected chi connectivity index (χ2v) is 32.7. The Balaban J connectivity index is 0.000000233. The standard InChI is InChI=1S/C40H41Cl2NO12S.C37H37Cl2NO12S/c1-23(55-39(47)51-20-25-21-52-40(2,3)53-22-25)54-38(46)28(14-24-6-5-7-30(15-24)56(4,48)49)17-33(44)35-32(41)16-29-19-43(12-10-31(29)36(35)42)37(45)27-9-8-26-11-13-50-34(26)18-27;1-21(52-37(46)50-20-23(18-41)19-42)51-36(45)26(12-22-4-3-5-28(13-22)53(2,47)48)15-31(43)33-30(38)14-27-17-40(10-8-29(27)34(33)39)35(44)25-7-6-24-9-11-49-32(24)16-25/h5-9,11,13,15-16,18,23,25,28H,10,12,14,17,19-22H2,1-4H3;3-7,9,11,13-14,16,21,23,26,41-42H,8,10,12,15,17-20H2,1-2H3/t23?,28-;21?,26-/m11/s1. The van der Waals surface area contributed by atoms with Crippen LogP contribution in [0.2, 0.25) is 20.1 Å². The molecule has 0 aliphatic carbocycles. The van der Waals surface area contributed by atoms with Crippen LogP contribution < -0.4 is 0 Å². The third-order valence-corrected chi connectivity index (χ3v) is 22.0. The summed E-state index contributed by atoms with van der Waals surface area (Å²) in [6.45, 7) is 6.47. The van der Waals surface area contributed by atoms with Crippen molar-refractivity contribution < 1.29 is 112 Å². The van der Waals surface area contributed by atoms with Crippen molar-refractivity contribution in [2.24, 2.45) is 23.7 Å². The number of amides is 2.